The van der Waals surface area contributed by atoms with Crippen LogP contribution in [-0.2, 0) is 0 Å². The highest BCUT2D eigenvalue weighted by molar-refractivity contribution is 6.20. The van der Waals surface area contributed by atoms with Crippen LogP contribution in [0.25, 0.3) is 0 Å². The molecule has 1 aromatic heterocycles. The first-order valence-electron chi connectivity index (χ1n) is 2.85. The summed E-state index contributed by atoms with van der Waals surface area (Å²) in [4.78, 5) is 4.05. The Bertz CT molecular complexity index is 174. The van der Waals surface area contributed by atoms with Crippen LogP contribution < -0.4 is 0 Å². The van der Waals surface area contributed by atoms with Crippen LogP contribution in [0.15, 0.2) is 24.4 Å². The van der Waals surface area contributed by atoms with Crippen LogP contribution in [0.2, 0.25) is 0 Å². The highest BCUT2D eigenvalue weighted by atomic mass is 35.5. The van der Waals surface area contributed by atoms with E-state index >= 15 is 0 Å². The third kappa shape index (κ3) is 2.54. The Labute approximate surface area is 71.8 Å². The smallest absolute Gasteiger partial charge is 0.0729 e. The number of hydrogen-bond acceptors (Lipinski definition) is 1. The zero-order valence-electron chi connectivity index (χ0n) is 5.62. The van der Waals surface area contributed by atoms with Crippen molar-refractivity contribution in [3.8, 4) is 0 Å². The maximum absolute atomic E-state index is 5.74. The number of alkyl halides is 1. The molecule has 0 radical (unpaired) electrons. The lowest BCUT2D eigenvalue weighted by Gasteiger charge is -1.98. The monoisotopic (exact) mass is 177 g/mol. The van der Waals surface area contributed by atoms with Gasteiger partial charge in [0.2, 0.25) is 0 Å². The fraction of sp³-hybridized carbons (Fsp3) is 0.286. The van der Waals surface area contributed by atoms with Crippen molar-refractivity contribution < 1.29 is 0 Å². The van der Waals surface area contributed by atoms with Crippen molar-refractivity contribution in [3.05, 3.63) is 30.1 Å². The van der Waals surface area contributed by atoms with Crippen molar-refractivity contribution in [2.75, 3.05) is 0 Å². The van der Waals surface area contributed by atoms with Crippen molar-refractivity contribution in [2.24, 2.45) is 0 Å². The summed E-state index contributed by atoms with van der Waals surface area (Å²) in [7, 11) is 0. The summed E-state index contributed by atoms with van der Waals surface area (Å²) in [6.45, 7) is 1.91. The van der Waals surface area contributed by atoms with Crippen LogP contribution in [-0.4, -0.2) is 4.98 Å². The molecule has 1 atom stereocenters. The SMILES string of the molecule is CC(Cl)c1ccccn1.Cl. The standard InChI is InChI=1S/C7H8ClN.ClH/c1-6(8)7-4-2-3-5-9-7;/h2-6H,1H3;1H. The maximum atomic E-state index is 5.74. The molecule has 1 aromatic rings. The molecule has 1 nitrogen and oxygen atoms in total. The molecule has 0 bridgehead atoms. The highest BCUT2D eigenvalue weighted by Gasteiger charge is 1.97. The molecule has 1 rings (SSSR count). The van der Waals surface area contributed by atoms with Gasteiger partial charge in [0.05, 0.1) is 11.1 Å². The molecule has 0 saturated carbocycles. The first kappa shape index (κ1) is 9.73. The average molecular weight is 178 g/mol. The Morgan fingerprint density at radius 3 is 2.50 bits per heavy atom. The van der Waals surface area contributed by atoms with Crippen molar-refractivity contribution >= 4 is 24.0 Å². The molecule has 0 N–H and O–H groups in total. The molecule has 0 saturated heterocycles. The lowest BCUT2D eigenvalue weighted by atomic mass is 10.3. The number of rotatable bonds is 1. The Balaban J connectivity index is 0.000000810. The van der Waals surface area contributed by atoms with Crippen molar-refractivity contribution in [3.63, 3.8) is 0 Å². The maximum Gasteiger partial charge on any atom is 0.0729 e. The van der Waals surface area contributed by atoms with Gasteiger partial charge in [0.15, 0.2) is 0 Å². The minimum absolute atomic E-state index is 0. The summed E-state index contributed by atoms with van der Waals surface area (Å²) >= 11 is 5.74. The van der Waals surface area contributed by atoms with Gasteiger partial charge in [-0.2, -0.15) is 0 Å². The van der Waals surface area contributed by atoms with Crippen LogP contribution in [0, 0.1) is 0 Å². The van der Waals surface area contributed by atoms with E-state index in [1.165, 1.54) is 0 Å². The number of pyridine rings is 1. The minimum atomic E-state index is 0. The molecule has 0 spiro atoms. The van der Waals surface area contributed by atoms with E-state index in [0.717, 1.165) is 5.69 Å². The number of aromatic nitrogens is 1. The van der Waals surface area contributed by atoms with Gasteiger partial charge in [-0.1, -0.05) is 6.07 Å². The van der Waals surface area contributed by atoms with E-state index in [1.807, 2.05) is 25.1 Å². The van der Waals surface area contributed by atoms with Gasteiger partial charge in [0.25, 0.3) is 0 Å². The average Bonchev–Trinajstić information content (AvgIpc) is 1.90. The van der Waals surface area contributed by atoms with Gasteiger partial charge in [-0.25, -0.2) is 0 Å². The summed E-state index contributed by atoms with van der Waals surface area (Å²) in [5.41, 5.74) is 0.930. The van der Waals surface area contributed by atoms with Crippen molar-refractivity contribution in [1.29, 1.82) is 0 Å². The van der Waals surface area contributed by atoms with Gasteiger partial charge >= 0.3 is 0 Å². The van der Waals surface area contributed by atoms with Gasteiger partial charge in [-0.3, -0.25) is 4.98 Å². The topological polar surface area (TPSA) is 12.9 Å². The van der Waals surface area contributed by atoms with Gasteiger partial charge in [-0.15, -0.1) is 24.0 Å². The van der Waals surface area contributed by atoms with Crippen LogP contribution in [0.4, 0.5) is 0 Å². The van der Waals surface area contributed by atoms with Gasteiger partial charge in [0, 0.05) is 6.20 Å². The Morgan fingerprint density at radius 1 is 1.50 bits per heavy atom. The molecule has 1 unspecified atom stereocenters. The van der Waals surface area contributed by atoms with E-state index in [-0.39, 0.29) is 17.8 Å². The predicted octanol–water partition coefficient (Wildman–Crippen LogP) is 2.80. The second-order valence-corrected chi connectivity index (χ2v) is 2.53. The summed E-state index contributed by atoms with van der Waals surface area (Å²) in [5.74, 6) is 0. The molecule has 1 heterocycles. The summed E-state index contributed by atoms with van der Waals surface area (Å²) in [6.07, 6.45) is 1.74. The first-order valence-corrected chi connectivity index (χ1v) is 3.29. The molecule has 0 aliphatic carbocycles. The molecule has 3 heteroatoms. The fourth-order valence-electron chi connectivity index (χ4n) is 0.611. The summed E-state index contributed by atoms with van der Waals surface area (Å²) < 4.78 is 0. The second-order valence-electron chi connectivity index (χ2n) is 1.87. The predicted molar refractivity (Wildman–Crippen MR) is 45.8 cm³/mol. The van der Waals surface area contributed by atoms with E-state index in [1.54, 1.807) is 6.20 Å². The molecule has 10 heavy (non-hydrogen) atoms. The van der Waals surface area contributed by atoms with Crippen LogP contribution >= 0.6 is 24.0 Å². The molecule has 0 aliphatic rings. The number of hydrogen-bond donors (Lipinski definition) is 0. The minimum Gasteiger partial charge on any atom is -0.260 e. The molecule has 56 valence electrons. The van der Waals surface area contributed by atoms with Crippen molar-refractivity contribution in [2.45, 2.75) is 12.3 Å². The lowest BCUT2D eigenvalue weighted by molar-refractivity contribution is 0.996. The van der Waals surface area contributed by atoms with Crippen LogP contribution in [0.5, 0.6) is 0 Å². The second kappa shape index (κ2) is 4.53. The Morgan fingerprint density at radius 2 is 2.20 bits per heavy atom. The van der Waals surface area contributed by atoms with E-state index < -0.39 is 0 Å². The molecule has 0 fully saturated rings. The number of halogens is 2. The summed E-state index contributed by atoms with van der Waals surface area (Å²) in [5, 5.41) is 0.0196. The quantitative estimate of drug-likeness (QED) is 0.602. The largest absolute Gasteiger partial charge is 0.260 e. The molecular weight excluding hydrogens is 169 g/mol. The van der Waals surface area contributed by atoms with E-state index in [4.69, 9.17) is 11.6 Å². The third-order valence-corrected chi connectivity index (χ3v) is 1.32. The molecule has 0 aliphatic heterocycles. The van der Waals surface area contributed by atoms with E-state index in [9.17, 15) is 0 Å². The van der Waals surface area contributed by atoms with Gasteiger partial charge < -0.3 is 0 Å². The van der Waals surface area contributed by atoms with Gasteiger partial charge in [0.1, 0.15) is 0 Å². The molecular formula is C7H9Cl2N. The van der Waals surface area contributed by atoms with E-state index in [2.05, 4.69) is 4.98 Å². The Kier molecular flexibility index (Phi) is 4.41. The Hall–Kier alpha value is -0.270. The van der Waals surface area contributed by atoms with Gasteiger partial charge in [-0.05, 0) is 19.1 Å². The fourth-order valence-corrected chi connectivity index (χ4v) is 0.740. The zero-order chi connectivity index (χ0) is 6.69. The highest BCUT2D eigenvalue weighted by Crippen LogP contribution is 2.14. The first-order chi connectivity index (χ1) is 4.30. The third-order valence-electron chi connectivity index (χ3n) is 1.10. The zero-order valence-corrected chi connectivity index (χ0v) is 7.19. The van der Waals surface area contributed by atoms with Crippen LogP contribution in [0.1, 0.15) is 18.0 Å². The number of nitrogens with zero attached hydrogens (tertiary/aromatic N) is 1. The summed E-state index contributed by atoms with van der Waals surface area (Å²) in [6, 6.07) is 5.72. The van der Waals surface area contributed by atoms with E-state index in [0.29, 0.717) is 0 Å². The van der Waals surface area contributed by atoms with Crippen LogP contribution in [0.3, 0.4) is 0 Å². The molecule has 0 aromatic carbocycles. The molecule has 0 amide bonds. The normalized spacial score (nSPS) is 11.8. The van der Waals surface area contributed by atoms with Crippen molar-refractivity contribution in [1.82, 2.24) is 4.98 Å². The lowest BCUT2D eigenvalue weighted by Crippen LogP contribution is -1.86.